The van der Waals surface area contributed by atoms with Crippen LogP contribution in [0, 0.1) is 0 Å². The molecule has 8 rings (SSSR count). The zero-order valence-electron chi connectivity index (χ0n) is 34.9. The normalized spacial score (nSPS) is 49.9. The van der Waals surface area contributed by atoms with E-state index in [0.29, 0.717) is 0 Å². The molecule has 20 nitrogen and oxygen atoms in total. The fourth-order valence-corrected chi connectivity index (χ4v) is 79.6. The molecule has 0 aromatic rings. The predicted molar refractivity (Wildman–Crippen MR) is 232 cm³/mol. The third-order valence-corrected chi connectivity index (χ3v) is 62.7. The van der Waals surface area contributed by atoms with Crippen LogP contribution in [0.15, 0.2) is 0 Å². The first-order valence-electron chi connectivity index (χ1n) is 19.6. The Bertz CT molecular complexity index is 1560. The van der Waals surface area contributed by atoms with Crippen molar-refractivity contribution in [2.24, 2.45) is 0 Å². The fraction of sp³-hybridized carbons (Fsp3) is 1.00. The lowest BCUT2D eigenvalue weighted by Crippen LogP contribution is -2.89. The lowest BCUT2D eigenvalue weighted by Gasteiger charge is -2.54. The maximum absolute atomic E-state index is 7.69. The van der Waals surface area contributed by atoms with Gasteiger partial charge < -0.3 is 84.2 Å². The molecule has 0 amide bonds. The summed E-state index contributed by atoms with van der Waals surface area (Å²) in [7, 11) is -53.7. The van der Waals surface area contributed by atoms with Crippen molar-refractivity contribution in [3.8, 4) is 0 Å². The maximum atomic E-state index is 7.69. The van der Waals surface area contributed by atoms with Gasteiger partial charge in [0, 0.05) is 0 Å². The Balaban J connectivity index is 1.55. The molecule has 56 heavy (non-hydrogen) atoms. The van der Waals surface area contributed by atoms with Gasteiger partial charge in [-0.3, -0.25) is 0 Å². The molecule has 8 aliphatic heterocycles. The minimum absolute atomic E-state index is 0.994. The smallest absolute Gasteiger partial charge is 0.418 e. The monoisotopic (exact) mass is 1070 g/mol. The van der Waals surface area contributed by atoms with Crippen LogP contribution in [0.1, 0.15) is 0 Å². The molecule has 0 aromatic heterocycles. The lowest BCUT2D eigenvalue weighted by atomic mass is 10.8. The molecule has 8 aliphatic rings. The summed E-state index contributed by atoms with van der Waals surface area (Å²) in [6, 6.07) is 0. The van der Waals surface area contributed by atoms with Crippen LogP contribution in [0.5, 0.6) is 0 Å². The molecular formula is C20H58O20Si16. The van der Waals surface area contributed by atoms with Gasteiger partial charge in [-0.15, -0.1) is 0 Å². The number of fused-ring (bicyclic) bond motifs is 6. The van der Waals surface area contributed by atoms with E-state index in [1.54, 1.807) is 0 Å². The highest BCUT2D eigenvalue weighted by molar-refractivity contribution is 7.10. The molecule has 0 aliphatic carbocycles. The van der Waals surface area contributed by atoms with Crippen LogP contribution in [0.2, 0.25) is 105 Å². The third kappa shape index (κ3) is 6.64. The predicted octanol–water partition coefficient (Wildman–Crippen LogP) is -0.836. The van der Waals surface area contributed by atoms with Crippen LogP contribution in [0.25, 0.3) is 0 Å². The van der Waals surface area contributed by atoms with Crippen molar-refractivity contribution in [2.45, 2.75) is 126 Å². The summed E-state index contributed by atoms with van der Waals surface area (Å²) in [6.45, 7) is 32.4. The standard InChI is InChI=1S/C20H58O20Si16/c1-41(2)19-23-52-20-25-49-18(22-54(38-52,30-46(11)12)40-55(24-19,34-49)31-47(13)14)17(21-42(3)4)50(33-49,27-43(5)6)35-56(26-20,32-48(15)16)39-53(20,29-45(9)10)37-51(19,36-52)28-44(7)8/h17-18,41-48H,1-16H3. The molecule has 0 radical (unpaired) electrons. The van der Waals surface area contributed by atoms with Crippen molar-refractivity contribution in [2.75, 3.05) is 0 Å². The summed E-state index contributed by atoms with van der Waals surface area (Å²) in [6.07, 6.45) is 0. The minimum atomic E-state index is -4.82. The number of hydrogen-bond acceptors (Lipinski definition) is 20. The Kier molecular flexibility index (Phi) is 11.8. The first-order chi connectivity index (χ1) is 25.8. The van der Waals surface area contributed by atoms with E-state index in [9.17, 15) is 0 Å². The van der Waals surface area contributed by atoms with Crippen molar-refractivity contribution in [3.63, 3.8) is 0 Å². The Morgan fingerprint density at radius 3 is 1.54 bits per heavy atom. The van der Waals surface area contributed by atoms with E-state index in [1.165, 1.54) is 0 Å². The van der Waals surface area contributed by atoms with Gasteiger partial charge in [0.15, 0.2) is 63.3 Å². The van der Waals surface area contributed by atoms with Gasteiger partial charge in [-0.25, -0.2) is 0 Å². The Hall–Kier alpha value is 2.67. The maximum Gasteiger partial charge on any atom is 0.657 e. The highest BCUT2D eigenvalue weighted by Crippen LogP contribution is 2.68. The Morgan fingerprint density at radius 1 is 0.429 bits per heavy atom. The zero-order chi connectivity index (χ0) is 40.9. The van der Waals surface area contributed by atoms with E-state index in [2.05, 4.69) is 26.2 Å². The molecule has 0 aromatic carbocycles. The molecule has 36 heteroatoms. The van der Waals surface area contributed by atoms with Crippen LogP contribution in [0.4, 0.5) is 0 Å². The summed E-state index contributed by atoms with van der Waals surface area (Å²) in [5, 5.41) is -3.92. The van der Waals surface area contributed by atoms with Crippen molar-refractivity contribution in [1.29, 1.82) is 0 Å². The van der Waals surface area contributed by atoms with Crippen molar-refractivity contribution in [1.82, 2.24) is 0 Å². The quantitative estimate of drug-likeness (QED) is 0.185. The molecule has 12 atom stereocenters. The molecular weight excluding hydrogens is 1010 g/mol. The summed E-state index contributed by atoms with van der Waals surface area (Å²) in [5.74, 6) is 0. The van der Waals surface area contributed by atoms with Crippen LogP contribution >= 0.6 is 0 Å². The van der Waals surface area contributed by atoms with Crippen molar-refractivity contribution < 1.29 is 84.2 Å². The Labute approximate surface area is 351 Å². The average molecular weight is 1070 g/mol. The highest BCUT2D eigenvalue weighted by Gasteiger charge is 3.07. The summed E-state index contributed by atoms with van der Waals surface area (Å²) < 4.78 is 146. The summed E-state index contributed by atoms with van der Waals surface area (Å²) in [5.41, 5.74) is -2.15. The first-order valence-corrected chi connectivity index (χ1v) is 55.7. The van der Waals surface area contributed by atoms with Crippen LogP contribution in [0.3, 0.4) is 0 Å². The summed E-state index contributed by atoms with van der Waals surface area (Å²) >= 11 is 0. The molecule has 0 saturated carbocycles. The van der Waals surface area contributed by atoms with E-state index in [-0.39, 0.29) is 0 Å². The van der Waals surface area contributed by atoms with E-state index in [0.717, 1.165) is 0 Å². The SMILES string of the molecule is C[SiH](C)OC1C2O[Si]3(O[SiH](C)C)O[Si]4(O[SiH](C)C)OC5([SiH](C)C)O[Si]6(O3)O[Si]5(O[SiH](C)C)O[Si]3(O[SiH](C)C)O[Si]5(O[SiH](C)C)OC36O[Si]2(O4)O[Si]1(O[SiH](C)C)O5. The van der Waals surface area contributed by atoms with E-state index < -0.39 is 165 Å². The molecule has 8 saturated heterocycles. The van der Waals surface area contributed by atoms with Gasteiger partial charge in [0.2, 0.25) is 5.03 Å². The van der Waals surface area contributed by atoms with Gasteiger partial charge in [-0.2, -0.15) is 0 Å². The van der Waals surface area contributed by atoms with Crippen LogP contribution < -0.4 is 0 Å². The van der Waals surface area contributed by atoms with E-state index in [4.69, 9.17) is 84.2 Å². The molecule has 9 bridgehead atoms. The topological polar surface area (TPSA) is 185 Å². The second kappa shape index (κ2) is 14.6. The second-order valence-electron chi connectivity index (χ2n) is 17.2. The van der Waals surface area contributed by atoms with Gasteiger partial charge in [0.05, 0.1) is 0 Å². The fourth-order valence-electron chi connectivity index (χ4n) is 8.00. The van der Waals surface area contributed by atoms with Crippen LogP contribution in [-0.4, -0.2) is 165 Å². The molecule has 3 spiro atoms. The van der Waals surface area contributed by atoms with Gasteiger partial charge in [-0.1, -0.05) is 13.1 Å². The second-order valence-corrected chi connectivity index (χ2v) is 61.4. The molecule has 8 heterocycles. The molecule has 322 valence electrons. The van der Waals surface area contributed by atoms with Gasteiger partial charge in [0.1, 0.15) is 20.3 Å². The molecule has 0 N–H and O–H groups in total. The molecule has 12 unspecified atom stereocenters. The van der Waals surface area contributed by atoms with E-state index in [1.807, 2.05) is 78.6 Å². The van der Waals surface area contributed by atoms with E-state index >= 15 is 0 Å². The third-order valence-electron chi connectivity index (χ3n) is 9.22. The number of rotatable bonds is 15. The Morgan fingerprint density at radius 2 is 0.982 bits per heavy atom. The van der Waals surface area contributed by atoms with Crippen LogP contribution in [-0.2, 0) is 84.2 Å². The van der Waals surface area contributed by atoms with Crippen molar-refractivity contribution >= 4 is 143 Å². The van der Waals surface area contributed by atoms with Gasteiger partial charge in [0.25, 0.3) is 5.03 Å². The number of hydrogen-bond donors (Lipinski definition) is 0. The highest BCUT2D eigenvalue weighted by atomic mass is 28.6. The van der Waals surface area contributed by atoms with Gasteiger partial charge >= 0.3 is 71.2 Å². The zero-order valence-corrected chi connectivity index (χ0v) is 52.2. The van der Waals surface area contributed by atoms with Gasteiger partial charge in [-0.05, 0) is 91.7 Å². The largest absolute Gasteiger partial charge is 0.657 e. The summed E-state index contributed by atoms with van der Waals surface area (Å²) in [4.78, 5) is 0. The lowest BCUT2D eigenvalue weighted by molar-refractivity contribution is -0.138. The molecule has 8 fully saturated rings. The average Bonchev–Trinajstić information content (AvgIpc) is 3.44. The first kappa shape index (κ1) is 45.2. The minimum Gasteiger partial charge on any atom is -0.418 e. The van der Waals surface area contributed by atoms with Crippen molar-refractivity contribution in [3.05, 3.63) is 0 Å².